The van der Waals surface area contributed by atoms with Crippen molar-refractivity contribution >= 4 is 0 Å². The number of nitrogens with zero attached hydrogens (tertiary/aromatic N) is 2. The topological polar surface area (TPSA) is 52.1 Å². The summed E-state index contributed by atoms with van der Waals surface area (Å²) in [6.07, 6.45) is 8.06. The summed E-state index contributed by atoms with van der Waals surface area (Å²) in [7, 11) is 0. The van der Waals surface area contributed by atoms with E-state index in [1.807, 2.05) is 0 Å². The third kappa shape index (κ3) is 3.23. The second kappa shape index (κ2) is 5.86. The highest BCUT2D eigenvalue weighted by Crippen LogP contribution is 2.32. The van der Waals surface area contributed by atoms with Gasteiger partial charge >= 0.3 is 0 Å². The van der Waals surface area contributed by atoms with Gasteiger partial charge in [0.1, 0.15) is 0 Å². The lowest BCUT2D eigenvalue weighted by Crippen LogP contribution is -2.47. The minimum absolute atomic E-state index is 0.429. The zero-order valence-corrected chi connectivity index (χ0v) is 12.6. The first-order valence-corrected chi connectivity index (χ1v) is 8.11. The van der Waals surface area contributed by atoms with E-state index in [0.717, 1.165) is 38.2 Å². The Morgan fingerprint density at radius 3 is 2.85 bits per heavy atom. The quantitative estimate of drug-likeness (QED) is 0.893. The molecule has 112 valence electrons. The largest absolute Gasteiger partial charge is 0.389 e. The standard InChI is InChI=1S/C16H27N3O/c1-13-10-15(18-17-13)14-6-5-9-19(11-14)12-16(20)7-3-2-4-8-16/h10,14,20H,2-9,11-12H2,1H3,(H,17,18). The molecule has 1 unspecified atom stereocenters. The fourth-order valence-corrected chi connectivity index (χ4v) is 3.87. The highest BCUT2D eigenvalue weighted by Gasteiger charge is 2.33. The van der Waals surface area contributed by atoms with Gasteiger partial charge in [-0.25, -0.2) is 0 Å². The van der Waals surface area contributed by atoms with Crippen molar-refractivity contribution in [2.24, 2.45) is 0 Å². The second-order valence-corrected chi connectivity index (χ2v) is 6.84. The van der Waals surface area contributed by atoms with Gasteiger partial charge in [-0.05, 0) is 45.2 Å². The first-order chi connectivity index (χ1) is 9.65. The SMILES string of the molecule is Cc1cc(C2CCCN(CC3(O)CCCCC3)C2)n[nH]1. The maximum atomic E-state index is 10.7. The molecule has 20 heavy (non-hydrogen) atoms. The first-order valence-electron chi connectivity index (χ1n) is 8.11. The predicted octanol–water partition coefficient (Wildman–Crippen LogP) is 2.59. The average Bonchev–Trinajstić information content (AvgIpc) is 2.86. The van der Waals surface area contributed by atoms with Crippen molar-refractivity contribution in [3.8, 4) is 0 Å². The van der Waals surface area contributed by atoms with E-state index in [1.54, 1.807) is 0 Å². The van der Waals surface area contributed by atoms with Crippen LogP contribution < -0.4 is 0 Å². The Kier molecular flexibility index (Phi) is 4.13. The summed E-state index contributed by atoms with van der Waals surface area (Å²) >= 11 is 0. The van der Waals surface area contributed by atoms with E-state index >= 15 is 0 Å². The molecular weight excluding hydrogens is 250 g/mol. The van der Waals surface area contributed by atoms with Crippen LogP contribution in [0.1, 0.15) is 62.3 Å². The summed E-state index contributed by atoms with van der Waals surface area (Å²) < 4.78 is 0. The fourth-order valence-electron chi connectivity index (χ4n) is 3.87. The number of aromatic nitrogens is 2. The van der Waals surface area contributed by atoms with Crippen LogP contribution in [0.5, 0.6) is 0 Å². The molecule has 2 heterocycles. The van der Waals surface area contributed by atoms with Crippen molar-refractivity contribution in [2.45, 2.75) is 63.4 Å². The lowest BCUT2D eigenvalue weighted by Gasteiger charge is -2.40. The molecule has 1 aromatic rings. The number of aromatic amines is 1. The van der Waals surface area contributed by atoms with Crippen LogP contribution in [0.15, 0.2) is 6.07 Å². The van der Waals surface area contributed by atoms with Crippen molar-refractivity contribution in [1.82, 2.24) is 15.1 Å². The minimum atomic E-state index is -0.429. The van der Waals surface area contributed by atoms with E-state index in [-0.39, 0.29) is 0 Å². The molecule has 3 rings (SSSR count). The van der Waals surface area contributed by atoms with Crippen LogP contribution in [0, 0.1) is 6.92 Å². The van der Waals surface area contributed by atoms with Gasteiger partial charge in [0.25, 0.3) is 0 Å². The molecule has 4 nitrogen and oxygen atoms in total. The molecule has 2 aliphatic rings. The molecule has 0 bridgehead atoms. The van der Waals surface area contributed by atoms with Gasteiger partial charge in [-0.3, -0.25) is 10.00 Å². The van der Waals surface area contributed by atoms with E-state index in [0.29, 0.717) is 5.92 Å². The number of rotatable bonds is 3. The molecule has 1 aromatic heterocycles. The van der Waals surface area contributed by atoms with Crippen LogP contribution in [-0.2, 0) is 0 Å². The number of likely N-dealkylation sites (tertiary alicyclic amines) is 1. The molecule has 1 aliphatic heterocycles. The predicted molar refractivity (Wildman–Crippen MR) is 79.8 cm³/mol. The van der Waals surface area contributed by atoms with Crippen LogP contribution in [0.2, 0.25) is 0 Å². The van der Waals surface area contributed by atoms with Crippen molar-refractivity contribution in [3.05, 3.63) is 17.5 Å². The Morgan fingerprint density at radius 2 is 2.15 bits per heavy atom. The van der Waals surface area contributed by atoms with E-state index in [9.17, 15) is 5.11 Å². The van der Waals surface area contributed by atoms with Crippen molar-refractivity contribution in [3.63, 3.8) is 0 Å². The number of nitrogens with one attached hydrogen (secondary N) is 1. The van der Waals surface area contributed by atoms with Gasteiger partial charge in [-0.2, -0.15) is 5.10 Å². The van der Waals surface area contributed by atoms with Crippen molar-refractivity contribution in [1.29, 1.82) is 0 Å². The molecule has 0 aromatic carbocycles. The third-order valence-electron chi connectivity index (χ3n) is 4.95. The van der Waals surface area contributed by atoms with Gasteiger partial charge in [0, 0.05) is 24.7 Å². The Bertz CT molecular complexity index is 437. The lowest BCUT2D eigenvalue weighted by molar-refractivity contribution is -0.0314. The highest BCUT2D eigenvalue weighted by atomic mass is 16.3. The highest BCUT2D eigenvalue weighted by molar-refractivity contribution is 5.13. The molecular formula is C16H27N3O. The van der Waals surface area contributed by atoms with Crippen LogP contribution in [0.4, 0.5) is 0 Å². The van der Waals surface area contributed by atoms with Gasteiger partial charge in [0.05, 0.1) is 11.3 Å². The molecule has 0 amide bonds. The molecule has 0 radical (unpaired) electrons. The minimum Gasteiger partial charge on any atom is -0.389 e. The number of H-pyrrole nitrogens is 1. The van der Waals surface area contributed by atoms with Crippen LogP contribution in [-0.4, -0.2) is 45.4 Å². The Balaban J connectivity index is 1.60. The van der Waals surface area contributed by atoms with Crippen LogP contribution >= 0.6 is 0 Å². The first kappa shape index (κ1) is 14.1. The summed E-state index contributed by atoms with van der Waals surface area (Å²) in [5.41, 5.74) is 1.91. The molecule has 1 saturated carbocycles. The Hall–Kier alpha value is -0.870. The number of β-amino-alcohol motifs (C(OH)–C–C–N with tert-alkyl or cyclic N) is 1. The zero-order chi connectivity index (χ0) is 14.0. The summed E-state index contributed by atoms with van der Waals surface area (Å²) in [6, 6.07) is 2.17. The number of hydrogen-bond acceptors (Lipinski definition) is 3. The maximum Gasteiger partial charge on any atom is 0.0774 e. The smallest absolute Gasteiger partial charge is 0.0774 e. The molecule has 0 spiro atoms. The fraction of sp³-hybridized carbons (Fsp3) is 0.812. The number of hydrogen-bond donors (Lipinski definition) is 2. The Labute approximate surface area is 121 Å². The van der Waals surface area contributed by atoms with Gasteiger partial charge in [0.15, 0.2) is 0 Å². The summed E-state index contributed by atoms with van der Waals surface area (Å²) in [5.74, 6) is 0.529. The molecule has 1 saturated heterocycles. The summed E-state index contributed by atoms with van der Waals surface area (Å²) in [5, 5.41) is 18.2. The molecule has 2 fully saturated rings. The number of aliphatic hydroxyl groups is 1. The maximum absolute atomic E-state index is 10.7. The third-order valence-corrected chi connectivity index (χ3v) is 4.95. The van der Waals surface area contributed by atoms with Gasteiger partial charge in [-0.1, -0.05) is 19.3 Å². The number of piperidine rings is 1. The summed E-state index contributed by atoms with van der Waals surface area (Å²) in [4.78, 5) is 2.46. The van der Waals surface area contributed by atoms with Gasteiger partial charge in [-0.15, -0.1) is 0 Å². The molecule has 1 aliphatic carbocycles. The molecule has 2 N–H and O–H groups in total. The van der Waals surface area contributed by atoms with E-state index < -0.39 is 5.60 Å². The second-order valence-electron chi connectivity index (χ2n) is 6.84. The van der Waals surface area contributed by atoms with E-state index in [2.05, 4.69) is 28.1 Å². The Morgan fingerprint density at radius 1 is 1.35 bits per heavy atom. The normalized spacial score (nSPS) is 27.6. The molecule has 4 heteroatoms. The summed E-state index contributed by atoms with van der Waals surface area (Å²) in [6.45, 7) is 5.09. The van der Waals surface area contributed by atoms with E-state index in [1.165, 1.54) is 37.8 Å². The monoisotopic (exact) mass is 277 g/mol. The average molecular weight is 277 g/mol. The lowest BCUT2D eigenvalue weighted by atomic mass is 9.83. The van der Waals surface area contributed by atoms with E-state index in [4.69, 9.17) is 0 Å². The van der Waals surface area contributed by atoms with Crippen molar-refractivity contribution < 1.29 is 5.11 Å². The number of aryl methyl sites for hydroxylation is 1. The zero-order valence-electron chi connectivity index (χ0n) is 12.6. The van der Waals surface area contributed by atoms with Crippen LogP contribution in [0.3, 0.4) is 0 Å². The molecule has 1 atom stereocenters. The van der Waals surface area contributed by atoms with Gasteiger partial charge in [0.2, 0.25) is 0 Å². The van der Waals surface area contributed by atoms with Crippen LogP contribution in [0.25, 0.3) is 0 Å². The van der Waals surface area contributed by atoms with Gasteiger partial charge < -0.3 is 5.11 Å². The van der Waals surface area contributed by atoms with Crippen molar-refractivity contribution in [2.75, 3.05) is 19.6 Å².